The zero-order valence-electron chi connectivity index (χ0n) is 12.9. The molecule has 5 heteroatoms. The van der Waals surface area contributed by atoms with Gasteiger partial charge in [-0.2, -0.15) is 0 Å². The summed E-state index contributed by atoms with van der Waals surface area (Å²) in [4.78, 5) is 11.9. The molecular weight excluding hydrogens is 260 g/mol. The highest BCUT2D eigenvalue weighted by atomic mass is 16.6. The van der Waals surface area contributed by atoms with Crippen molar-refractivity contribution in [1.29, 1.82) is 0 Å². The molecule has 0 radical (unpaired) electrons. The van der Waals surface area contributed by atoms with Crippen molar-refractivity contribution >= 4 is 5.97 Å². The minimum Gasteiger partial charge on any atom is -0.496 e. The smallest absolute Gasteiger partial charge is 0.347 e. The zero-order chi connectivity index (χ0) is 15.3. The molecular formula is C15H22O5. The molecule has 0 heterocycles. The molecule has 1 unspecified atom stereocenters. The second-order valence-corrected chi connectivity index (χ2v) is 5.34. The van der Waals surface area contributed by atoms with Crippen molar-refractivity contribution in [1.82, 2.24) is 0 Å². The van der Waals surface area contributed by atoms with Crippen molar-refractivity contribution in [3.63, 3.8) is 0 Å². The summed E-state index contributed by atoms with van der Waals surface area (Å²) in [5, 5.41) is 0. The molecule has 0 aliphatic heterocycles. The first-order valence-corrected chi connectivity index (χ1v) is 6.38. The van der Waals surface area contributed by atoms with Gasteiger partial charge in [-0.25, -0.2) is 4.79 Å². The van der Waals surface area contributed by atoms with E-state index >= 15 is 0 Å². The summed E-state index contributed by atoms with van der Waals surface area (Å²) in [6.07, 6.45) is -0.717. The van der Waals surface area contributed by atoms with Crippen LogP contribution in [0.5, 0.6) is 17.2 Å². The summed E-state index contributed by atoms with van der Waals surface area (Å²) >= 11 is 0. The maximum Gasteiger partial charge on any atom is 0.347 e. The minimum absolute atomic E-state index is 0.417. The van der Waals surface area contributed by atoms with Crippen LogP contribution in [0.3, 0.4) is 0 Å². The Kier molecular flexibility index (Phi) is 5.25. The number of methoxy groups -OCH3 is 2. The topological polar surface area (TPSA) is 54.0 Å². The third-order valence-corrected chi connectivity index (χ3v) is 2.38. The van der Waals surface area contributed by atoms with Gasteiger partial charge in [0.2, 0.25) is 0 Å². The molecule has 1 rings (SSSR count). The van der Waals surface area contributed by atoms with E-state index in [1.54, 1.807) is 39.3 Å². The Hall–Kier alpha value is -1.91. The van der Waals surface area contributed by atoms with Crippen LogP contribution in [-0.2, 0) is 9.53 Å². The highest BCUT2D eigenvalue weighted by molar-refractivity contribution is 5.75. The quantitative estimate of drug-likeness (QED) is 0.777. The fourth-order valence-corrected chi connectivity index (χ4v) is 1.49. The van der Waals surface area contributed by atoms with Crippen LogP contribution >= 0.6 is 0 Å². The number of benzene rings is 1. The summed E-state index contributed by atoms with van der Waals surface area (Å²) < 4.78 is 21.1. The van der Waals surface area contributed by atoms with E-state index in [9.17, 15) is 4.79 Å². The highest BCUT2D eigenvalue weighted by Crippen LogP contribution is 2.28. The van der Waals surface area contributed by atoms with Crippen molar-refractivity contribution in [3.05, 3.63) is 18.2 Å². The van der Waals surface area contributed by atoms with Crippen molar-refractivity contribution < 1.29 is 23.7 Å². The molecule has 0 fully saturated rings. The minimum atomic E-state index is -0.717. The Balaban J connectivity index is 2.79. The Morgan fingerprint density at radius 3 is 1.85 bits per heavy atom. The summed E-state index contributed by atoms with van der Waals surface area (Å²) in [5.41, 5.74) is -0.541. The Morgan fingerprint density at radius 1 is 1.00 bits per heavy atom. The molecule has 5 nitrogen and oxygen atoms in total. The highest BCUT2D eigenvalue weighted by Gasteiger charge is 2.23. The molecule has 1 atom stereocenters. The Labute approximate surface area is 119 Å². The third-order valence-electron chi connectivity index (χ3n) is 2.38. The fraction of sp³-hybridized carbons (Fsp3) is 0.533. The predicted octanol–water partition coefficient (Wildman–Crippen LogP) is 2.81. The van der Waals surface area contributed by atoms with Crippen LogP contribution in [0.1, 0.15) is 27.7 Å². The van der Waals surface area contributed by atoms with Crippen LogP contribution < -0.4 is 14.2 Å². The van der Waals surface area contributed by atoms with Crippen molar-refractivity contribution in [2.24, 2.45) is 0 Å². The van der Waals surface area contributed by atoms with E-state index in [-0.39, 0.29) is 0 Å². The number of rotatable bonds is 5. The molecule has 0 saturated carbocycles. The van der Waals surface area contributed by atoms with E-state index in [0.717, 1.165) is 0 Å². The van der Waals surface area contributed by atoms with Gasteiger partial charge in [-0.3, -0.25) is 0 Å². The van der Waals surface area contributed by atoms with Crippen LogP contribution in [0, 0.1) is 0 Å². The van der Waals surface area contributed by atoms with Crippen LogP contribution in [-0.4, -0.2) is 31.9 Å². The molecule has 1 aromatic carbocycles. The standard InChI is InChI=1S/C15H22O5/c1-10(14(16)20-15(2,3)4)19-13-8-11(17-5)7-12(9-13)18-6/h7-10H,1-6H3. The molecule has 1 aromatic rings. The molecule has 0 aromatic heterocycles. The first-order chi connectivity index (χ1) is 9.25. The first-order valence-electron chi connectivity index (χ1n) is 6.38. The van der Waals surface area contributed by atoms with Crippen LogP contribution in [0.4, 0.5) is 0 Å². The zero-order valence-corrected chi connectivity index (χ0v) is 12.9. The predicted molar refractivity (Wildman–Crippen MR) is 75.5 cm³/mol. The van der Waals surface area contributed by atoms with Crippen LogP contribution in [0.25, 0.3) is 0 Å². The Morgan fingerprint density at radius 2 is 1.45 bits per heavy atom. The lowest BCUT2D eigenvalue weighted by molar-refractivity contribution is -0.162. The summed E-state index contributed by atoms with van der Waals surface area (Å²) in [6, 6.07) is 5.10. The lowest BCUT2D eigenvalue weighted by Crippen LogP contribution is -2.33. The molecule has 0 aliphatic rings. The monoisotopic (exact) mass is 282 g/mol. The maximum absolute atomic E-state index is 11.9. The fourth-order valence-electron chi connectivity index (χ4n) is 1.49. The number of hydrogen-bond donors (Lipinski definition) is 0. The van der Waals surface area contributed by atoms with Gasteiger partial charge in [-0.15, -0.1) is 0 Å². The van der Waals surface area contributed by atoms with Gasteiger partial charge in [-0.05, 0) is 27.7 Å². The average Bonchev–Trinajstić information content (AvgIpc) is 2.36. The summed E-state index contributed by atoms with van der Waals surface area (Å²) in [7, 11) is 3.10. The average molecular weight is 282 g/mol. The molecule has 0 bridgehead atoms. The molecule has 20 heavy (non-hydrogen) atoms. The second-order valence-electron chi connectivity index (χ2n) is 5.34. The lowest BCUT2D eigenvalue weighted by atomic mass is 10.2. The van der Waals surface area contributed by atoms with Gasteiger partial charge in [0.15, 0.2) is 6.10 Å². The van der Waals surface area contributed by atoms with Gasteiger partial charge in [0.25, 0.3) is 0 Å². The van der Waals surface area contributed by atoms with E-state index in [2.05, 4.69) is 0 Å². The number of hydrogen-bond acceptors (Lipinski definition) is 5. The number of carbonyl (C=O) groups is 1. The van der Waals surface area contributed by atoms with E-state index in [1.165, 1.54) is 0 Å². The van der Waals surface area contributed by atoms with Crippen molar-refractivity contribution in [2.45, 2.75) is 39.4 Å². The molecule has 0 amide bonds. The molecule has 0 aliphatic carbocycles. The van der Waals surface area contributed by atoms with E-state index < -0.39 is 17.7 Å². The summed E-state index contributed by atoms with van der Waals surface area (Å²) in [5.74, 6) is 1.25. The number of ether oxygens (including phenoxy) is 4. The first kappa shape index (κ1) is 16.1. The van der Waals surface area contributed by atoms with E-state index in [0.29, 0.717) is 17.2 Å². The van der Waals surface area contributed by atoms with Gasteiger partial charge < -0.3 is 18.9 Å². The van der Waals surface area contributed by atoms with Crippen molar-refractivity contribution in [2.75, 3.05) is 14.2 Å². The maximum atomic E-state index is 11.9. The molecule has 112 valence electrons. The second kappa shape index (κ2) is 6.50. The molecule has 0 N–H and O–H groups in total. The van der Waals surface area contributed by atoms with Gasteiger partial charge in [-0.1, -0.05) is 0 Å². The number of carbonyl (C=O) groups excluding carboxylic acids is 1. The van der Waals surface area contributed by atoms with Gasteiger partial charge in [0, 0.05) is 18.2 Å². The molecule has 0 saturated heterocycles. The summed E-state index contributed by atoms with van der Waals surface area (Å²) in [6.45, 7) is 7.07. The van der Waals surface area contributed by atoms with Crippen LogP contribution in [0.2, 0.25) is 0 Å². The van der Waals surface area contributed by atoms with Gasteiger partial charge in [0.1, 0.15) is 22.8 Å². The van der Waals surface area contributed by atoms with E-state index in [4.69, 9.17) is 18.9 Å². The normalized spacial score (nSPS) is 12.5. The molecule has 0 spiro atoms. The van der Waals surface area contributed by atoms with Gasteiger partial charge >= 0.3 is 5.97 Å². The van der Waals surface area contributed by atoms with Gasteiger partial charge in [0.05, 0.1) is 14.2 Å². The van der Waals surface area contributed by atoms with E-state index in [1.807, 2.05) is 20.8 Å². The SMILES string of the molecule is COc1cc(OC)cc(OC(C)C(=O)OC(C)(C)C)c1. The number of esters is 1. The largest absolute Gasteiger partial charge is 0.496 e. The Bertz CT molecular complexity index is 440. The lowest BCUT2D eigenvalue weighted by Gasteiger charge is -2.22. The third kappa shape index (κ3) is 4.99. The van der Waals surface area contributed by atoms with Crippen molar-refractivity contribution in [3.8, 4) is 17.2 Å². The van der Waals surface area contributed by atoms with Crippen LogP contribution in [0.15, 0.2) is 18.2 Å².